The summed E-state index contributed by atoms with van der Waals surface area (Å²) in [5.74, 6) is 2.10. The van der Waals surface area contributed by atoms with Crippen molar-refractivity contribution in [2.45, 2.75) is 0 Å². The third-order valence-corrected chi connectivity index (χ3v) is 2.79. The normalized spacial score (nSPS) is 10.4. The van der Waals surface area contributed by atoms with Gasteiger partial charge in [0.05, 0.1) is 13.3 Å². The molecule has 0 N–H and O–H groups in total. The fourth-order valence-corrected chi connectivity index (χ4v) is 1.78. The van der Waals surface area contributed by atoms with Crippen molar-refractivity contribution in [1.29, 1.82) is 0 Å². The molecule has 0 spiro atoms. The Kier molecular flexibility index (Phi) is 2.98. The third-order valence-electron chi connectivity index (χ3n) is 2.79. The van der Waals surface area contributed by atoms with Crippen LogP contribution in [0.25, 0.3) is 22.8 Å². The Morgan fingerprint density at radius 1 is 1.00 bits per heavy atom. The van der Waals surface area contributed by atoms with Crippen molar-refractivity contribution < 1.29 is 9.15 Å². The van der Waals surface area contributed by atoms with E-state index in [1.807, 2.05) is 36.4 Å². The molecule has 3 aromatic rings. The van der Waals surface area contributed by atoms with E-state index in [-0.39, 0.29) is 0 Å². The number of oxazole rings is 1. The number of ether oxygens (including phenoxy) is 1. The number of benzene rings is 1. The van der Waals surface area contributed by atoms with Gasteiger partial charge in [-0.1, -0.05) is 0 Å². The minimum Gasteiger partial charge on any atom is -0.497 e. The van der Waals surface area contributed by atoms with Crippen LogP contribution >= 0.6 is 0 Å². The SMILES string of the molecule is COc1ccc(-c2ncc(-c3cccnc3)o2)cc1. The Hall–Kier alpha value is -2.62. The summed E-state index contributed by atoms with van der Waals surface area (Å²) in [5.41, 5.74) is 1.82. The Bertz CT molecular complexity index is 660. The van der Waals surface area contributed by atoms with Gasteiger partial charge in [-0.3, -0.25) is 4.98 Å². The van der Waals surface area contributed by atoms with E-state index in [1.165, 1.54) is 0 Å². The summed E-state index contributed by atoms with van der Waals surface area (Å²) in [6.07, 6.45) is 5.18. The molecule has 0 atom stereocenters. The summed E-state index contributed by atoms with van der Waals surface area (Å²) < 4.78 is 10.9. The fraction of sp³-hybridized carbons (Fsp3) is 0.0667. The molecule has 19 heavy (non-hydrogen) atoms. The van der Waals surface area contributed by atoms with Crippen molar-refractivity contribution in [3.8, 4) is 28.5 Å². The summed E-state index contributed by atoms with van der Waals surface area (Å²) in [5, 5.41) is 0. The molecule has 4 heteroatoms. The van der Waals surface area contributed by atoms with Crippen LogP contribution in [0.15, 0.2) is 59.4 Å². The first kappa shape index (κ1) is 11.5. The lowest BCUT2D eigenvalue weighted by Crippen LogP contribution is -1.82. The van der Waals surface area contributed by atoms with Gasteiger partial charge in [0.2, 0.25) is 5.89 Å². The Morgan fingerprint density at radius 2 is 1.84 bits per heavy atom. The van der Waals surface area contributed by atoms with Gasteiger partial charge in [-0.25, -0.2) is 4.98 Å². The first-order valence-electron chi connectivity index (χ1n) is 5.87. The zero-order valence-electron chi connectivity index (χ0n) is 10.4. The molecule has 0 radical (unpaired) electrons. The summed E-state index contributed by atoms with van der Waals surface area (Å²) >= 11 is 0. The standard InChI is InChI=1S/C15H12N2O2/c1-18-13-6-4-11(5-7-13)15-17-10-14(19-15)12-3-2-8-16-9-12/h2-10H,1H3. The van der Waals surface area contributed by atoms with Crippen LogP contribution in [0.3, 0.4) is 0 Å². The summed E-state index contributed by atoms with van der Waals surface area (Å²) in [6.45, 7) is 0. The molecule has 2 aromatic heterocycles. The maximum absolute atomic E-state index is 5.74. The molecule has 0 aliphatic heterocycles. The van der Waals surface area contributed by atoms with Crippen LogP contribution in [0.4, 0.5) is 0 Å². The van der Waals surface area contributed by atoms with Gasteiger partial charge in [-0.05, 0) is 36.4 Å². The average molecular weight is 252 g/mol. The van der Waals surface area contributed by atoms with Gasteiger partial charge < -0.3 is 9.15 Å². The number of hydrogen-bond acceptors (Lipinski definition) is 4. The fourth-order valence-electron chi connectivity index (χ4n) is 1.78. The van der Waals surface area contributed by atoms with Crippen molar-refractivity contribution in [1.82, 2.24) is 9.97 Å². The topological polar surface area (TPSA) is 48.2 Å². The highest BCUT2D eigenvalue weighted by Crippen LogP contribution is 2.26. The van der Waals surface area contributed by atoms with Gasteiger partial charge in [-0.15, -0.1) is 0 Å². The number of methoxy groups -OCH3 is 1. The smallest absolute Gasteiger partial charge is 0.226 e. The maximum Gasteiger partial charge on any atom is 0.226 e. The second-order valence-corrected chi connectivity index (χ2v) is 4.00. The predicted octanol–water partition coefficient (Wildman–Crippen LogP) is 3.41. The number of aromatic nitrogens is 2. The molecule has 4 nitrogen and oxygen atoms in total. The van der Waals surface area contributed by atoms with Crippen molar-refractivity contribution >= 4 is 0 Å². The number of nitrogens with zero attached hydrogens (tertiary/aromatic N) is 2. The highest BCUT2D eigenvalue weighted by molar-refractivity contribution is 5.60. The summed E-state index contributed by atoms with van der Waals surface area (Å²) in [7, 11) is 1.64. The van der Waals surface area contributed by atoms with Crippen molar-refractivity contribution in [3.63, 3.8) is 0 Å². The molecule has 94 valence electrons. The minimum atomic E-state index is 0.585. The van der Waals surface area contributed by atoms with Crippen molar-refractivity contribution in [2.24, 2.45) is 0 Å². The van der Waals surface area contributed by atoms with Crippen molar-refractivity contribution in [2.75, 3.05) is 7.11 Å². The maximum atomic E-state index is 5.74. The van der Waals surface area contributed by atoms with Gasteiger partial charge in [0.25, 0.3) is 0 Å². The average Bonchev–Trinajstić information content (AvgIpc) is 2.98. The van der Waals surface area contributed by atoms with Crippen LogP contribution in [0.1, 0.15) is 0 Å². The molecular weight excluding hydrogens is 240 g/mol. The van der Waals surface area contributed by atoms with E-state index in [1.54, 1.807) is 25.7 Å². The summed E-state index contributed by atoms with van der Waals surface area (Å²) in [6, 6.07) is 11.4. The molecule has 0 aliphatic carbocycles. The molecule has 0 aliphatic rings. The van der Waals surface area contributed by atoms with Crippen LogP contribution < -0.4 is 4.74 Å². The Balaban J connectivity index is 1.92. The molecule has 1 aromatic carbocycles. The molecule has 0 unspecified atom stereocenters. The van der Waals surface area contributed by atoms with Crippen molar-refractivity contribution in [3.05, 3.63) is 55.0 Å². The highest BCUT2D eigenvalue weighted by Gasteiger charge is 2.08. The van der Waals surface area contributed by atoms with Crippen LogP contribution in [0, 0.1) is 0 Å². The monoisotopic (exact) mass is 252 g/mol. The number of hydrogen-bond donors (Lipinski definition) is 0. The molecule has 3 rings (SSSR count). The van der Waals surface area contributed by atoms with E-state index in [0.717, 1.165) is 16.9 Å². The van der Waals surface area contributed by atoms with Gasteiger partial charge >= 0.3 is 0 Å². The van der Waals surface area contributed by atoms with Crippen LogP contribution in [0.2, 0.25) is 0 Å². The van der Waals surface area contributed by atoms with Crippen LogP contribution in [-0.4, -0.2) is 17.1 Å². The van der Waals surface area contributed by atoms with Gasteiger partial charge in [0.1, 0.15) is 5.75 Å². The first-order valence-corrected chi connectivity index (χ1v) is 5.87. The Morgan fingerprint density at radius 3 is 2.53 bits per heavy atom. The first-order chi connectivity index (χ1) is 9.36. The Labute approximate surface area is 110 Å². The zero-order chi connectivity index (χ0) is 13.1. The molecule has 2 heterocycles. The highest BCUT2D eigenvalue weighted by atomic mass is 16.5. The lowest BCUT2D eigenvalue weighted by atomic mass is 10.2. The molecule has 0 fully saturated rings. The largest absolute Gasteiger partial charge is 0.497 e. The number of pyridine rings is 1. The van der Waals surface area contributed by atoms with Crippen LogP contribution in [-0.2, 0) is 0 Å². The van der Waals surface area contributed by atoms with E-state index in [0.29, 0.717) is 11.7 Å². The van der Waals surface area contributed by atoms with E-state index in [2.05, 4.69) is 9.97 Å². The van der Waals surface area contributed by atoms with Crippen LogP contribution in [0.5, 0.6) is 5.75 Å². The molecule has 0 saturated carbocycles. The van der Waals surface area contributed by atoms with Gasteiger partial charge in [-0.2, -0.15) is 0 Å². The van der Waals surface area contributed by atoms with E-state index in [9.17, 15) is 0 Å². The summed E-state index contributed by atoms with van der Waals surface area (Å²) in [4.78, 5) is 8.34. The second kappa shape index (κ2) is 4.94. The predicted molar refractivity (Wildman–Crippen MR) is 71.7 cm³/mol. The lowest BCUT2D eigenvalue weighted by molar-refractivity contribution is 0.415. The van der Waals surface area contributed by atoms with E-state index in [4.69, 9.17) is 9.15 Å². The number of rotatable bonds is 3. The lowest BCUT2D eigenvalue weighted by Gasteiger charge is -1.99. The zero-order valence-corrected chi connectivity index (χ0v) is 10.4. The molecular formula is C15H12N2O2. The second-order valence-electron chi connectivity index (χ2n) is 4.00. The molecule has 0 bridgehead atoms. The van der Waals surface area contributed by atoms with Gasteiger partial charge in [0, 0.05) is 23.5 Å². The molecule has 0 amide bonds. The van der Waals surface area contributed by atoms with Gasteiger partial charge in [0.15, 0.2) is 5.76 Å². The quantitative estimate of drug-likeness (QED) is 0.716. The van der Waals surface area contributed by atoms with E-state index >= 15 is 0 Å². The third kappa shape index (κ3) is 2.33. The van der Waals surface area contributed by atoms with E-state index < -0.39 is 0 Å². The minimum absolute atomic E-state index is 0.585. The molecule has 0 saturated heterocycles.